The van der Waals surface area contributed by atoms with Gasteiger partial charge in [-0.2, -0.15) is 15.3 Å². The van der Waals surface area contributed by atoms with Crippen molar-refractivity contribution in [1.29, 1.82) is 0 Å². The highest BCUT2D eigenvalue weighted by atomic mass is 16.5. The van der Waals surface area contributed by atoms with E-state index in [-0.39, 0.29) is 11.3 Å². The third-order valence-electron chi connectivity index (χ3n) is 4.28. The van der Waals surface area contributed by atoms with Crippen molar-refractivity contribution < 1.29 is 14.6 Å². The Hall–Kier alpha value is -4.20. The number of amides is 1. The van der Waals surface area contributed by atoms with E-state index in [0.717, 1.165) is 16.7 Å². The molecule has 0 fully saturated rings. The number of benzene rings is 3. The first kappa shape index (κ1) is 18.2. The molecule has 0 aliphatic heterocycles. The standard InChI is InChI=1S/C21H17N5O3/c1-29-17-6-2-14(3-7-17)24-25-16-5-9-20(27)18(11-16)21(28)23-15-4-8-19-13(10-15)12-22-26-19/h2-12,27H,1H3,(H,22,26)(H,23,28). The minimum absolute atomic E-state index is 0.100. The van der Waals surface area contributed by atoms with Crippen molar-refractivity contribution >= 4 is 33.9 Å². The van der Waals surface area contributed by atoms with Crippen molar-refractivity contribution in [3.05, 3.63) is 72.4 Å². The largest absolute Gasteiger partial charge is 0.507 e. The van der Waals surface area contributed by atoms with Gasteiger partial charge < -0.3 is 15.2 Å². The van der Waals surface area contributed by atoms with E-state index in [1.165, 1.54) is 12.1 Å². The number of aromatic nitrogens is 2. The normalized spacial score (nSPS) is 11.1. The molecule has 3 aromatic carbocycles. The molecule has 0 aliphatic rings. The minimum atomic E-state index is -0.452. The van der Waals surface area contributed by atoms with E-state index in [2.05, 4.69) is 25.7 Å². The molecular weight excluding hydrogens is 370 g/mol. The van der Waals surface area contributed by atoms with Crippen LogP contribution in [0.25, 0.3) is 10.9 Å². The number of aromatic amines is 1. The second-order valence-electron chi connectivity index (χ2n) is 6.23. The molecular formula is C21H17N5O3. The Bertz CT molecular complexity index is 1200. The van der Waals surface area contributed by atoms with E-state index in [1.54, 1.807) is 55.8 Å². The molecule has 8 heteroatoms. The maximum absolute atomic E-state index is 12.6. The molecule has 0 unspecified atom stereocenters. The topological polar surface area (TPSA) is 112 Å². The molecule has 0 spiro atoms. The minimum Gasteiger partial charge on any atom is -0.507 e. The third kappa shape index (κ3) is 4.06. The molecule has 0 saturated carbocycles. The summed E-state index contributed by atoms with van der Waals surface area (Å²) in [6.07, 6.45) is 1.67. The number of ether oxygens (including phenoxy) is 1. The summed E-state index contributed by atoms with van der Waals surface area (Å²) in [6, 6.07) is 16.9. The Kier molecular flexibility index (Phi) is 4.90. The fourth-order valence-electron chi connectivity index (χ4n) is 2.75. The number of hydrogen-bond acceptors (Lipinski definition) is 6. The third-order valence-corrected chi connectivity index (χ3v) is 4.28. The van der Waals surface area contributed by atoms with Gasteiger partial charge in [0.25, 0.3) is 5.91 Å². The van der Waals surface area contributed by atoms with Gasteiger partial charge in [0.15, 0.2) is 0 Å². The Balaban J connectivity index is 1.53. The van der Waals surface area contributed by atoms with Gasteiger partial charge in [0.05, 0.1) is 35.8 Å². The number of nitrogens with zero attached hydrogens (tertiary/aromatic N) is 3. The number of aromatic hydroxyl groups is 1. The van der Waals surface area contributed by atoms with Gasteiger partial charge in [0.1, 0.15) is 11.5 Å². The van der Waals surface area contributed by atoms with Crippen LogP contribution in [0.4, 0.5) is 17.1 Å². The number of methoxy groups -OCH3 is 1. The first-order valence-electron chi connectivity index (χ1n) is 8.76. The molecule has 4 aromatic rings. The fraction of sp³-hybridized carbons (Fsp3) is 0.0476. The first-order valence-corrected chi connectivity index (χ1v) is 8.76. The molecule has 1 amide bonds. The zero-order valence-corrected chi connectivity index (χ0v) is 15.5. The zero-order chi connectivity index (χ0) is 20.2. The lowest BCUT2D eigenvalue weighted by Gasteiger charge is -2.07. The van der Waals surface area contributed by atoms with Crippen molar-refractivity contribution in [3.8, 4) is 11.5 Å². The zero-order valence-electron chi connectivity index (χ0n) is 15.5. The molecule has 0 radical (unpaired) electrons. The number of anilines is 1. The Morgan fingerprint density at radius 3 is 2.59 bits per heavy atom. The number of H-pyrrole nitrogens is 1. The fourth-order valence-corrected chi connectivity index (χ4v) is 2.75. The number of fused-ring (bicyclic) bond motifs is 1. The number of azo groups is 1. The highest BCUT2D eigenvalue weighted by molar-refractivity contribution is 6.07. The van der Waals surface area contributed by atoms with Gasteiger partial charge in [-0.3, -0.25) is 9.89 Å². The molecule has 4 rings (SSSR count). The lowest BCUT2D eigenvalue weighted by Crippen LogP contribution is -2.11. The van der Waals surface area contributed by atoms with Crippen molar-refractivity contribution in [2.75, 3.05) is 12.4 Å². The highest BCUT2D eigenvalue weighted by Crippen LogP contribution is 2.27. The number of rotatable bonds is 5. The smallest absolute Gasteiger partial charge is 0.259 e. The molecule has 29 heavy (non-hydrogen) atoms. The highest BCUT2D eigenvalue weighted by Gasteiger charge is 2.13. The monoisotopic (exact) mass is 387 g/mol. The summed E-state index contributed by atoms with van der Waals surface area (Å²) in [4.78, 5) is 12.6. The van der Waals surface area contributed by atoms with Crippen LogP contribution in [0.2, 0.25) is 0 Å². The maximum Gasteiger partial charge on any atom is 0.259 e. The van der Waals surface area contributed by atoms with Gasteiger partial charge >= 0.3 is 0 Å². The first-order chi connectivity index (χ1) is 14.1. The molecule has 144 valence electrons. The van der Waals surface area contributed by atoms with Gasteiger partial charge in [-0.1, -0.05) is 0 Å². The predicted octanol–water partition coefficient (Wildman–Crippen LogP) is 4.94. The van der Waals surface area contributed by atoms with Gasteiger partial charge in [-0.15, -0.1) is 0 Å². The van der Waals surface area contributed by atoms with E-state index in [0.29, 0.717) is 17.1 Å². The van der Waals surface area contributed by atoms with E-state index in [4.69, 9.17) is 4.74 Å². The predicted molar refractivity (Wildman–Crippen MR) is 109 cm³/mol. The molecule has 8 nitrogen and oxygen atoms in total. The molecule has 0 atom stereocenters. The van der Waals surface area contributed by atoms with Crippen molar-refractivity contribution in [2.45, 2.75) is 0 Å². The molecule has 0 saturated heterocycles. The summed E-state index contributed by atoms with van der Waals surface area (Å²) >= 11 is 0. The van der Waals surface area contributed by atoms with Crippen LogP contribution in [-0.2, 0) is 0 Å². The van der Waals surface area contributed by atoms with E-state index < -0.39 is 5.91 Å². The summed E-state index contributed by atoms with van der Waals surface area (Å²) in [5.41, 5.74) is 2.64. The van der Waals surface area contributed by atoms with Crippen LogP contribution >= 0.6 is 0 Å². The molecule has 3 N–H and O–H groups in total. The average molecular weight is 387 g/mol. The average Bonchev–Trinajstić information content (AvgIpc) is 3.21. The number of nitrogens with one attached hydrogen (secondary N) is 2. The summed E-state index contributed by atoms with van der Waals surface area (Å²) in [6.45, 7) is 0. The molecule has 0 aliphatic carbocycles. The van der Waals surface area contributed by atoms with Crippen LogP contribution < -0.4 is 10.1 Å². The number of hydrogen-bond donors (Lipinski definition) is 3. The van der Waals surface area contributed by atoms with Crippen LogP contribution in [-0.4, -0.2) is 28.3 Å². The van der Waals surface area contributed by atoms with Crippen molar-refractivity contribution in [3.63, 3.8) is 0 Å². The number of phenols is 1. The van der Waals surface area contributed by atoms with Crippen molar-refractivity contribution in [1.82, 2.24) is 10.2 Å². The molecule has 1 heterocycles. The summed E-state index contributed by atoms with van der Waals surface area (Å²) in [7, 11) is 1.59. The Morgan fingerprint density at radius 1 is 1.03 bits per heavy atom. The van der Waals surface area contributed by atoms with Gasteiger partial charge in [0, 0.05) is 11.1 Å². The van der Waals surface area contributed by atoms with E-state index >= 15 is 0 Å². The van der Waals surface area contributed by atoms with Gasteiger partial charge in [-0.25, -0.2) is 0 Å². The second kappa shape index (κ2) is 7.81. The number of carbonyl (C=O) groups is 1. The number of phenolic OH excluding ortho intramolecular Hbond substituents is 1. The lowest BCUT2D eigenvalue weighted by atomic mass is 10.1. The quantitative estimate of drug-likeness (QED) is 0.421. The molecule has 0 bridgehead atoms. The van der Waals surface area contributed by atoms with Crippen LogP contribution in [0, 0.1) is 0 Å². The van der Waals surface area contributed by atoms with Gasteiger partial charge in [0.2, 0.25) is 0 Å². The summed E-state index contributed by atoms with van der Waals surface area (Å²) in [5, 5.41) is 28.8. The van der Waals surface area contributed by atoms with Crippen molar-refractivity contribution in [2.24, 2.45) is 10.2 Å². The lowest BCUT2D eigenvalue weighted by molar-refractivity contribution is 0.102. The van der Waals surface area contributed by atoms with Crippen LogP contribution in [0.3, 0.4) is 0 Å². The van der Waals surface area contributed by atoms with E-state index in [1.807, 2.05) is 6.07 Å². The van der Waals surface area contributed by atoms with E-state index in [9.17, 15) is 9.90 Å². The second-order valence-corrected chi connectivity index (χ2v) is 6.23. The Morgan fingerprint density at radius 2 is 1.79 bits per heavy atom. The SMILES string of the molecule is COc1ccc(N=Nc2ccc(O)c(C(=O)Nc3ccc4[nH]ncc4c3)c2)cc1. The van der Waals surface area contributed by atoms with Crippen LogP contribution in [0.5, 0.6) is 11.5 Å². The number of carbonyl (C=O) groups excluding carboxylic acids is 1. The molecule has 1 aromatic heterocycles. The Labute approximate surface area is 165 Å². The van der Waals surface area contributed by atoms with Crippen LogP contribution in [0.15, 0.2) is 77.1 Å². The maximum atomic E-state index is 12.6. The van der Waals surface area contributed by atoms with Gasteiger partial charge in [-0.05, 0) is 60.7 Å². The summed E-state index contributed by atoms with van der Waals surface area (Å²) in [5.74, 6) is 0.128. The van der Waals surface area contributed by atoms with Crippen LogP contribution in [0.1, 0.15) is 10.4 Å². The summed E-state index contributed by atoms with van der Waals surface area (Å²) < 4.78 is 5.11.